The molecule has 0 bridgehead atoms. The van der Waals surface area contributed by atoms with E-state index in [1.165, 1.54) is 111 Å². The first-order valence-corrected chi connectivity index (χ1v) is 24.0. The highest BCUT2D eigenvalue weighted by Gasteiger charge is 2.38. The highest BCUT2D eigenvalue weighted by molar-refractivity contribution is 6.13. The summed E-state index contributed by atoms with van der Waals surface area (Å²) in [4.78, 5) is 2.54. The number of hydrogen-bond acceptors (Lipinski definition) is 1. The molecule has 1 aliphatic heterocycles. The Morgan fingerprint density at radius 2 is 1.01 bits per heavy atom. The zero-order valence-electron chi connectivity index (χ0n) is 37.8. The molecule has 322 valence electrons. The SMILES string of the molecule is C1=CCCC(c2cccc(-c3cccc(-c4ccc(-c5ccc(-n6c7ccccc7c7cccc(C8=C9C(CC=C8)c8ccccc8N9c8cccc(-c9ccccc9)c8)c76)cc5)cc4)c3)c2)=C1. The maximum Gasteiger partial charge on any atom is 0.0620 e. The molecule has 1 aromatic heterocycles. The van der Waals surface area contributed by atoms with Gasteiger partial charge >= 0.3 is 0 Å². The van der Waals surface area contributed by atoms with Crippen molar-refractivity contribution in [1.29, 1.82) is 0 Å². The van der Waals surface area contributed by atoms with E-state index < -0.39 is 0 Å². The number of aromatic nitrogens is 1. The summed E-state index contributed by atoms with van der Waals surface area (Å²) in [6, 6.07) is 80.7. The van der Waals surface area contributed by atoms with Crippen molar-refractivity contribution >= 4 is 44.3 Å². The largest absolute Gasteiger partial charge is 0.313 e. The summed E-state index contributed by atoms with van der Waals surface area (Å²) in [6.07, 6.45) is 14.6. The van der Waals surface area contributed by atoms with Crippen LogP contribution in [0.5, 0.6) is 0 Å². The summed E-state index contributed by atoms with van der Waals surface area (Å²) in [5, 5.41) is 2.51. The minimum absolute atomic E-state index is 0.244. The van der Waals surface area contributed by atoms with E-state index in [0.29, 0.717) is 0 Å². The maximum absolute atomic E-state index is 2.54. The van der Waals surface area contributed by atoms with Crippen molar-refractivity contribution in [3.8, 4) is 50.2 Å². The maximum atomic E-state index is 2.54. The van der Waals surface area contributed by atoms with Gasteiger partial charge in [0.1, 0.15) is 0 Å². The Labute approximate surface area is 398 Å². The third-order valence-corrected chi connectivity index (χ3v) is 14.4. The predicted octanol–water partition coefficient (Wildman–Crippen LogP) is 17.8. The van der Waals surface area contributed by atoms with Crippen LogP contribution < -0.4 is 4.90 Å². The second-order valence-corrected chi connectivity index (χ2v) is 18.3. The number of nitrogens with zero attached hydrogens (tertiary/aromatic N) is 2. The van der Waals surface area contributed by atoms with Crippen LogP contribution in [0, 0.1) is 0 Å². The van der Waals surface area contributed by atoms with Gasteiger partial charge in [-0.15, -0.1) is 0 Å². The first kappa shape index (κ1) is 39.9. The smallest absolute Gasteiger partial charge is 0.0620 e. The van der Waals surface area contributed by atoms with Gasteiger partial charge in [-0.05, 0) is 129 Å². The fourth-order valence-corrected chi connectivity index (χ4v) is 11.1. The van der Waals surface area contributed by atoms with Crippen LogP contribution in [0.1, 0.15) is 41.9 Å². The second-order valence-electron chi connectivity index (χ2n) is 18.3. The molecule has 2 nitrogen and oxygen atoms in total. The quantitative estimate of drug-likeness (QED) is 0.148. The van der Waals surface area contributed by atoms with Crippen LogP contribution in [0.4, 0.5) is 11.4 Å². The van der Waals surface area contributed by atoms with Crippen molar-refractivity contribution in [3.05, 3.63) is 271 Å². The van der Waals surface area contributed by atoms with Crippen molar-refractivity contribution in [2.24, 2.45) is 0 Å². The van der Waals surface area contributed by atoms with Gasteiger partial charge in [0.25, 0.3) is 0 Å². The molecule has 0 saturated heterocycles. The van der Waals surface area contributed by atoms with E-state index in [9.17, 15) is 0 Å². The molecule has 2 heterocycles. The fourth-order valence-electron chi connectivity index (χ4n) is 11.1. The molecule has 0 N–H and O–H groups in total. The molecular formula is C66H48N2. The molecule has 68 heavy (non-hydrogen) atoms. The Hall–Kier alpha value is -8.46. The number of anilines is 2. The van der Waals surface area contributed by atoms with Gasteiger partial charge in [-0.25, -0.2) is 0 Å². The number of fused-ring (bicyclic) bond motifs is 6. The van der Waals surface area contributed by atoms with Crippen LogP contribution >= 0.6 is 0 Å². The minimum Gasteiger partial charge on any atom is -0.313 e. The summed E-state index contributed by atoms with van der Waals surface area (Å²) in [6.45, 7) is 0. The summed E-state index contributed by atoms with van der Waals surface area (Å²) in [5.41, 5.74) is 23.7. The van der Waals surface area contributed by atoms with Crippen molar-refractivity contribution in [2.75, 3.05) is 4.90 Å². The number of allylic oxidation sites excluding steroid dienone is 8. The highest BCUT2D eigenvalue weighted by atomic mass is 15.2. The molecule has 1 unspecified atom stereocenters. The molecule has 0 amide bonds. The van der Waals surface area contributed by atoms with Gasteiger partial charge in [0.2, 0.25) is 0 Å². The monoisotopic (exact) mass is 868 g/mol. The normalized spacial score (nSPS) is 15.2. The summed E-state index contributed by atoms with van der Waals surface area (Å²) in [7, 11) is 0. The van der Waals surface area contributed by atoms with E-state index in [0.717, 1.165) is 24.9 Å². The number of benzene rings is 9. The number of hydrogen-bond donors (Lipinski definition) is 0. The minimum atomic E-state index is 0.244. The zero-order chi connectivity index (χ0) is 45.0. The van der Waals surface area contributed by atoms with Crippen LogP contribution in [0.3, 0.4) is 0 Å². The lowest BCUT2D eigenvalue weighted by atomic mass is 9.85. The average Bonchev–Trinajstić information content (AvgIpc) is 3.95. The first-order chi connectivity index (χ1) is 33.7. The standard InChI is InChI=1S/C66H48N2/c1-3-16-45(17-4-1)50-20-11-22-52(42-50)53-23-12-21-51(43-53)49-36-34-47(35-37-49)48-38-40-55(41-39-48)67-63-32-9-7-26-57(63)59-28-14-30-61(65(59)67)62-31-15-29-60-58-27-8-10-33-64(58)68(66(60)62)56-25-13-24-54(44-56)46-18-5-2-6-19-46/h1-3,5-16,18-28,30-44,60H,4,17,29H2. The van der Waals surface area contributed by atoms with Gasteiger partial charge in [-0.2, -0.15) is 0 Å². The lowest BCUT2D eigenvalue weighted by Crippen LogP contribution is -2.17. The molecule has 3 aliphatic rings. The number of para-hydroxylation sites is 3. The van der Waals surface area contributed by atoms with E-state index in [1.807, 2.05) is 0 Å². The summed E-state index contributed by atoms with van der Waals surface area (Å²) < 4.78 is 2.49. The molecule has 13 rings (SSSR count). The van der Waals surface area contributed by atoms with E-state index in [2.05, 4.69) is 258 Å². The average molecular weight is 869 g/mol. The Balaban J connectivity index is 0.873. The summed E-state index contributed by atoms with van der Waals surface area (Å²) in [5.74, 6) is 0.244. The van der Waals surface area contributed by atoms with Crippen molar-refractivity contribution < 1.29 is 0 Å². The Morgan fingerprint density at radius 3 is 1.79 bits per heavy atom. The van der Waals surface area contributed by atoms with Gasteiger partial charge in [0.15, 0.2) is 0 Å². The van der Waals surface area contributed by atoms with Crippen LogP contribution in [0.2, 0.25) is 0 Å². The number of rotatable bonds is 8. The highest BCUT2D eigenvalue weighted by Crippen LogP contribution is 2.54. The molecule has 0 saturated carbocycles. The van der Waals surface area contributed by atoms with E-state index in [4.69, 9.17) is 0 Å². The van der Waals surface area contributed by atoms with Crippen LogP contribution in [-0.4, -0.2) is 4.57 Å². The topological polar surface area (TPSA) is 8.17 Å². The van der Waals surface area contributed by atoms with Gasteiger partial charge in [-0.3, -0.25) is 0 Å². The molecular weight excluding hydrogens is 821 g/mol. The van der Waals surface area contributed by atoms with E-state index in [1.54, 1.807) is 0 Å². The third kappa shape index (κ3) is 6.88. The molecule has 1 atom stereocenters. The molecule has 2 aliphatic carbocycles. The Morgan fingerprint density at radius 1 is 0.426 bits per heavy atom. The van der Waals surface area contributed by atoms with Crippen molar-refractivity contribution in [1.82, 2.24) is 4.57 Å². The second kappa shape index (κ2) is 16.8. The van der Waals surface area contributed by atoms with E-state index >= 15 is 0 Å². The molecule has 9 aromatic carbocycles. The van der Waals surface area contributed by atoms with E-state index in [-0.39, 0.29) is 5.92 Å². The third-order valence-electron chi connectivity index (χ3n) is 14.4. The molecule has 0 fully saturated rings. The molecule has 2 heteroatoms. The Bertz CT molecular complexity index is 3690. The van der Waals surface area contributed by atoms with Crippen molar-refractivity contribution in [3.63, 3.8) is 0 Å². The molecule has 0 radical (unpaired) electrons. The van der Waals surface area contributed by atoms with Gasteiger partial charge in [-0.1, -0.05) is 200 Å². The predicted molar refractivity (Wildman–Crippen MR) is 287 cm³/mol. The molecule has 10 aromatic rings. The fraction of sp³-hybridized carbons (Fsp3) is 0.0606. The van der Waals surface area contributed by atoms with Gasteiger partial charge < -0.3 is 9.47 Å². The van der Waals surface area contributed by atoms with Crippen LogP contribution in [0.25, 0.3) is 83.1 Å². The summed E-state index contributed by atoms with van der Waals surface area (Å²) >= 11 is 0. The van der Waals surface area contributed by atoms with Gasteiger partial charge in [0.05, 0.1) is 11.0 Å². The zero-order valence-corrected chi connectivity index (χ0v) is 37.8. The van der Waals surface area contributed by atoms with Crippen LogP contribution in [0.15, 0.2) is 254 Å². The molecule has 0 spiro atoms. The Kier molecular flexibility index (Phi) is 9.83. The van der Waals surface area contributed by atoms with Crippen LogP contribution in [-0.2, 0) is 0 Å². The van der Waals surface area contributed by atoms with Gasteiger partial charge in [0, 0.05) is 50.6 Å². The van der Waals surface area contributed by atoms with Crippen molar-refractivity contribution in [2.45, 2.75) is 25.2 Å². The lowest BCUT2D eigenvalue weighted by Gasteiger charge is -2.29. The lowest BCUT2D eigenvalue weighted by molar-refractivity contribution is 0.824. The first-order valence-electron chi connectivity index (χ1n) is 24.0.